The standard InChI is InChI=1S/C17H12N4O3/c22-16(9-20-10-18-17(19-20)21(23)24)13-6-5-12-7-11-3-1-2-4-14(11)15(12)8-13/h1-6,8,10H,7,9H2. The molecule has 2 aromatic carbocycles. The number of rotatable bonds is 4. The zero-order valence-corrected chi connectivity index (χ0v) is 12.5. The Labute approximate surface area is 136 Å². The maximum absolute atomic E-state index is 12.4. The predicted molar refractivity (Wildman–Crippen MR) is 85.7 cm³/mol. The van der Waals surface area contributed by atoms with Gasteiger partial charge in [-0.3, -0.25) is 4.79 Å². The molecule has 118 valence electrons. The van der Waals surface area contributed by atoms with Crippen molar-refractivity contribution in [2.75, 3.05) is 0 Å². The minimum absolute atomic E-state index is 0.0821. The molecule has 1 aliphatic rings. The van der Waals surface area contributed by atoms with Crippen LogP contribution in [0.2, 0.25) is 0 Å². The van der Waals surface area contributed by atoms with E-state index in [-0.39, 0.29) is 12.3 Å². The molecule has 0 bridgehead atoms. The maximum atomic E-state index is 12.4. The van der Waals surface area contributed by atoms with Crippen molar-refractivity contribution in [1.82, 2.24) is 14.8 Å². The van der Waals surface area contributed by atoms with Gasteiger partial charge in [0.2, 0.25) is 6.33 Å². The molecular weight excluding hydrogens is 308 g/mol. The molecule has 0 fully saturated rings. The van der Waals surface area contributed by atoms with E-state index in [1.54, 1.807) is 6.07 Å². The molecule has 7 nitrogen and oxygen atoms in total. The summed E-state index contributed by atoms with van der Waals surface area (Å²) in [6, 6.07) is 13.8. The minimum atomic E-state index is -0.687. The third-order valence-electron chi connectivity index (χ3n) is 4.11. The van der Waals surface area contributed by atoms with Crippen LogP contribution in [0.4, 0.5) is 5.95 Å². The first-order chi connectivity index (χ1) is 11.6. The molecule has 0 saturated heterocycles. The highest BCUT2D eigenvalue weighted by atomic mass is 16.6. The molecule has 3 aromatic rings. The Balaban J connectivity index is 1.61. The molecule has 0 aliphatic heterocycles. The van der Waals surface area contributed by atoms with E-state index in [2.05, 4.69) is 22.2 Å². The second-order valence-corrected chi connectivity index (χ2v) is 5.63. The Morgan fingerprint density at radius 1 is 1.17 bits per heavy atom. The van der Waals surface area contributed by atoms with Crippen molar-refractivity contribution in [3.05, 3.63) is 75.6 Å². The van der Waals surface area contributed by atoms with Crippen LogP contribution in [0.5, 0.6) is 0 Å². The Hall–Kier alpha value is -3.35. The Bertz CT molecular complexity index is 977. The van der Waals surface area contributed by atoms with Gasteiger partial charge in [0.25, 0.3) is 0 Å². The molecule has 0 radical (unpaired) electrons. The fourth-order valence-corrected chi connectivity index (χ4v) is 2.98. The number of hydrogen-bond donors (Lipinski definition) is 0. The van der Waals surface area contributed by atoms with Crippen LogP contribution < -0.4 is 0 Å². The zero-order chi connectivity index (χ0) is 16.7. The molecule has 0 amide bonds. The molecule has 4 rings (SSSR count). The van der Waals surface area contributed by atoms with Gasteiger partial charge in [0, 0.05) is 10.7 Å². The summed E-state index contributed by atoms with van der Waals surface area (Å²) in [5.41, 5.74) is 5.23. The van der Waals surface area contributed by atoms with E-state index in [1.807, 2.05) is 24.3 Å². The summed E-state index contributed by atoms with van der Waals surface area (Å²) in [5, 5.41) is 14.3. The summed E-state index contributed by atoms with van der Waals surface area (Å²) >= 11 is 0. The topological polar surface area (TPSA) is 90.9 Å². The van der Waals surface area contributed by atoms with Crippen molar-refractivity contribution < 1.29 is 9.72 Å². The largest absolute Gasteiger partial charge is 0.490 e. The van der Waals surface area contributed by atoms with E-state index in [4.69, 9.17) is 0 Å². The summed E-state index contributed by atoms with van der Waals surface area (Å²) in [6.07, 6.45) is 2.06. The Morgan fingerprint density at radius 2 is 1.96 bits per heavy atom. The lowest BCUT2D eigenvalue weighted by atomic mass is 10.0. The van der Waals surface area contributed by atoms with Crippen LogP contribution >= 0.6 is 0 Å². The van der Waals surface area contributed by atoms with Crippen molar-refractivity contribution in [2.45, 2.75) is 13.0 Å². The first-order valence-corrected chi connectivity index (χ1v) is 7.40. The highest BCUT2D eigenvalue weighted by Gasteiger charge is 2.21. The van der Waals surface area contributed by atoms with E-state index in [0.717, 1.165) is 17.5 Å². The van der Waals surface area contributed by atoms with Crippen molar-refractivity contribution in [3.8, 4) is 11.1 Å². The molecule has 0 atom stereocenters. The van der Waals surface area contributed by atoms with Crippen LogP contribution in [0.25, 0.3) is 11.1 Å². The number of carbonyl (C=O) groups excluding carboxylic acids is 1. The molecule has 7 heteroatoms. The first-order valence-electron chi connectivity index (χ1n) is 7.40. The number of benzene rings is 2. The van der Waals surface area contributed by atoms with Gasteiger partial charge in [-0.05, 0) is 39.7 Å². The molecular formula is C17H12N4O3. The molecule has 0 unspecified atom stereocenters. The number of Topliss-reactive ketones (excluding diaryl/α,β-unsaturated/α-hetero) is 1. The summed E-state index contributed by atoms with van der Waals surface area (Å²) in [5.74, 6) is -0.673. The van der Waals surface area contributed by atoms with Gasteiger partial charge >= 0.3 is 5.95 Å². The summed E-state index contributed by atoms with van der Waals surface area (Å²) < 4.78 is 1.18. The average Bonchev–Trinajstić information content (AvgIpc) is 3.18. The fraction of sp³-hybridized carbons (Fsp3) is 0.118. The average molecular weight is 320 g/mol. The number of aromatic nitrogens is 3. The first kappa shape index (κ1) is 14.3. The number of ketones is 1. The fourth-order valence-electron chi connectivity index (χ4n) is 2.98. The van der Waals surface area contributed by atoms with E-state index < -0.39 is 10.9 Å². The van der Waals surface area contributed by atoms with Crippen LogP contribution in [0.1, 0.15) is 21.5 Å². The Morgan fingerprint density at radius 3 is 2.75 bits per heavy atom. The van der Waals surface area contributed by atoms with Gasteiger partial charge in [0.1, 0.15) is 6.54 Å². The van der Waals surface area contributed by atoms with Crippen molar-refractivity contribution in [2.24, 2.45) is 0 Å². The quantitative estimate of drug-likeness (QED) is 0.327. The second kappa shape index (κ2) is 5.38. The highest BCUT2D eigenvalue weighted by Crippen LogP contribution is 2.36. The van der Waals surface area contributed by atoms with E-state index in [9.17, 15) is 14.9 Å². The van der Waals surface area contributed by atoms with Crippen LogP contribution in [0, 0.1) is 10.1 Å². The summed E-state index contributed by atoms with van der Waals surface area (Å²) in [4.78, 5) is 25.9. The third kappa shape index (κ3) is 2.36. The molecule has 0 spiro atoms. The summed E-state index contributed by atoms with van der Waals surface area (Å²) in [7, 11) is 0. The predicted octanol–water partition coefficient (Wildman–Crippen LogP) is 2.64. The van der Waals surface area contributed by atoms with Gasteiger partial charge in [-0.2, -0.15) is 4.68 Å². The lowest BCUT2D eigenvalue weighted by Gasteiger charge is -2.04. The van der Waals surface area contributed by atoms with Gasteiger partial charge in [0.05, 0.1) is 0 Å². The molecule has 1 aliphatic carbocycles. The van der Waals surface area contributed by atoms with Crippen molar-refractivity contribution in [1.29, 1.82) is 0 Å². The van der Waals surface area contributed by atoms with Gasteiger partial charge in [-0.1, -0.05) is 41.4 Å². The molecule has 1 aromatic heterocycles. The SMILES string of the molecule is O=C(Cn1cnc([N+](=O)[O-])n1)c1ccc2c(c1)-c1ccccc1C2. The highest BCUT2D eigenvalue weighted by molar-refractivity contribution is 5.97. The number of nitrogens with zero attached hydrogens (tertiary/aromatic N) is 4. The van der Waals surface area contributed by atoms with Crippen LogP contribution in [0.3, 0.4) is 0 Å². The van der Waals surface area contributed by atoms with E-state index >= 15 is 0 Å². The van der Waals surface area contributed by atoms with Crippen LogP contribution in [0.15, 0.2) is 48.8 Å². The molecule has 0 N–H and O–H groups in total. The van der Waals surface area contributed by atoms with Gasteiger partial charge < -0.3 is 10.1 Å². The lowest BCUT2D eigenvalue weighted by Crippen LogP contribution is -2.11. The zero-order valence-electron chi connectivity index (χ0n) is 12.5. The van der Waals surface area contributed by atoms with Gasteiger partial charge in [0.15, 0.2) is 5.78 Å². The normalized spacial score (nSPS) is 11.8. The number of hydrogen-bond acceptors (Lipinski definition) is 5. The maximum Gasteiger partial charge on any atom is 0.490 e. The van der Waals surface area contributed by atoms with E-state index in [1.165, 1.54) is 22.1 Å². The molecule has 0 saturated carbocycles. The number of carbonyl (C=O) groups is 1. The van der Waals surface area contributed by atoms with Crippen LogP contribution in [-0.2, 0) is 13.0 Å². The molecule has 24 heavy (non-hydrogen) atoms. The third-order valence-corrected chi connectivity index (χ3v) is 4.11. The second-order valence-electron chi connectivity index (χ2n) is 5.63. The number of fused-ring (bicyclic) bond motifs is 3. The number of nitro groups is 1. The van der Waals surface area contributed by atoms with E-state index in [0.29, 0.717) is 5.56 Å². The van der Waals surface area contributed by atoms with Crippen LogP contribution in [-0.4, -0.2) is 25.5 Å². The van der Waals surface area contributed by atoms with Crippen molar-refractivity contribution in [3.63, 3.8) is 0 Å². The lowest BCUT2D eigenvalue weighted by molar-refractivity contribution is -0.394. The monoisotopic (exact) mass is 320 g/mol. The minimum Gasteiger partial charge on any atom is -0.390 e. The molecule has 1 heterocycles. The summed E-state index contributed by atoms with van der Waals surface area (Å²) in [6.45, 7) is -0.0821. The van der Waals surface area contributed by atoms with Crippen molar-refractivity contribution >= 4 is 11.7 Å². The smallest absolute Gasteiger partial charge is 0.390 e. The van der Waals surface area contributed by atoms with Gasteiger partial charge in [-0.25, -0.2) is 0 Å². The Kier molecular flexibility index (Phi) is 3.19. The van der Waals surface area contributed by atoms with Gasteiger partial charge in [-0.15, -0.1) is 0 Å².